The molecule has 0 saturated heterocycles. The van der Waals surface area contributed by atoms with Gasteiger partial charge in [-0.25, -0.2) is 0 Å². The largest absolute Gasteiger partial charge is 0.483 e. The normalized spacial score (nSPS) is 7.17. The third-order valence-corrected chi connectivity index (χ3v) is 0.796. The van der Waals surface area contributed by atoms with Crippen molar-refractivity contribution in [3.05, 3.63) is 0 Å². The summed E-state index contributed by atoms with van der Waals surface area (Å²) in [4.78, 5) is 36.4. The van der Waals surface area contributed by atoms with Gasteiger partial charge in [-0.15, -0.1) is 0 Å². The number of aliphatic carboxylic acids is 3. The van der Waals surface area contributed by atoms with E-state index >= 15 is 0 Å². The molecular formula is C10H20O8. The highest BCUT2D eigenvalue weighted by Gasteiger charge is 1.99. The van der Waals surface area contributed by atoms with Crippen LogP contribution in [0.15, 0.2) is 0 Å². The molecule has 0 aromatic carbocycles. The number of hydrogen-bond donors (Lipinski definition) is 4. The second kappa shape index (κ2) is 20.3. The number of rotatable bonds is 2. The van der Waals surface area contributed by atoms with E-state index in [1.165, 1.54) is 0 Å². The van der Waals surface area contributed by atoms with Crippen molar-refractivity contribution in [1.82, 2.24) is 0 Å². The Hall–Kier alpha value is -2.12. The van der Waals surface area contributed by atoms with E-state index in [1.807, 2.05) is 0 Å². The zero-order valence-electron chi connectivity index (χ0n) is 10.8. The molecule has 4 N–H and O–H groups in total. The zero-order valence-corrected chi connectivity index (χ0v) is 10.8. The summed E-state index contributed by atoms with van der Waals surface area (Å²) in [6.07, 6.45) is 0.222. The first-order valence-electron chi connectivity index (χ1n) is 4.78. The second-order valence-electron chi connectivity index (χ2n) is 2.86. The minimum atomic E-state index is -0.833. The van der Waals surface area contributed by atoms with E-state index in [0.717, 1.165) is 6.92 Å². The number of hydrogen-bond acceptors (Lipinski definition) is 4. The maximum absolute atomic E-state index is 9.70. The van der Waals surface area contributed by atoms with Crippen molar-refractivity contribution in [2.24, 2.45) is 5.92 Å². The first-order valence-corrected chi connectivity index (χ1v) is 4.78. The second-order valence-corrected chi connectivity index (χ2v) is 2.86. The quantitative estimate of drug-likeness (QED) is 0.542. The minimum Gasteiger partial charge on any atom is -0.483 e. The van der Waals surface area contributed by atoms with Gasteiger partial charge in [0.15, 0.2) is 0 Å². The third kappa shape index (κ3) is 153. The first-order chi connectivity index (χ1) is 8.06. The summed E-state index contributed by atoms with van der Waals surface area (Å²) in [5, 5.41) is 30.0. The Kier molecular flexibility index (Phi) is 28.1. The number of carboxylic acids is 3. The van der Waals surface area contributed by atoms with Gasteiger partial charge in [0.05, 0.1) is 5.92 Å². The summed E-state index contributed by atoms with van der Waals surface area (Å²) in [6.45, 7) is 5.72. The molecule has 0 aliphatic carbocycles. The maximum Gasteiger partial charge on any atom is 0.305 e. The van der Waals surface area contributed by atoms with Gasteiger partial charge >= 0.3 is 11.9 Å². The van der Waals surface area contributed by atoms with Crippen LogP contribution in [-0.2, 0) is 19.2 Å². The van der Waals surface area contributed by atoms with Gasteiger partial charge in [0.2, 0.25) is 0 Å². The summed E-state index contributed by atoms with van der Waals surface area (Å²) in [7, 11) is 0. The van der Waals surface area contributed by atoms with Gasteiger partial charge in [0.25, 0.3) is 12.4 Å². The summed E-state index contributed by atoms with van der Waals surface area (Å²) in [5.41, 5.74) is 0. The summed E-state index contributed by atoms with van der Waals surface area (Å²) in [5.74, 6) is -2.55. The predicted molar refractivity (Wildman–Crippen MR) is 62.4 cm³/mol. The van der Waals surface area contributed by atoms with E-state index in [1.54, 1.807) is 20.8 Å². The van der Waals surface area contributed by atoms with Crippen molar-refractivity contribution in [2.75, 3.05) is 0 Å². The monoisotopic (exact) mass is 268 g/mol. The molecule has 0 aromatic rings. The molecule has 0 atom stereocenters. The van der Waals surface area contributed by atoms with Gasteiger partial charge in [-0.05, 0) is 0 Å². The van der Waals surface area contributed by atoms with Crippen molar-refractivity contribution < 1.29 is 39.6 Å². The Balaban J connectivity index is -0.0000000750. The fourth-order valence-electron chi connectivity index (χ4n) is 0. The van der Waals surface area contributed by atoms with Gasteiger partial charge in [-0.2, -0.15) is 0 Å². The fourth-order valence-corrected chi connectivity index (χ4v) is 0. The molecular weight excluding hydrogens is 248 g/mol. The van der Waals surface area contributed by atoms with Crippen LogP contribution in [0.2, 0.25) is 0 Å². The predicted octanol–water partition coefficient (Wildman–Crippen LogP) is 1.000. The smallest absolute Gasteiger partial charge is 0.305 e. The molecule has 0 amide bonds. The molecule has 8 nitrogen and oxygen atoms in total. The van der Waals surface area contributed by atoms with Crippen LogP contribution in [0.4, 0.5) is 0 Å². The van der Waals surface area contributed by atoms with E-state index < -0.39 is 17.9 Å². The summed E-state index contributed by atoms with van der Waals surface area (Å²) in [6, 6.07) is 0. The molecule has 0 heterocycles. The highest BCUT2D eigenvalue weighted by Crippen LogP contribution is 1.87. The van der Waals surface area contributed by atoms with E-state index in [2.05, 4.69) is 0 Å². The fraction of sp³-hybridized carbons (Fsp3) is 0.600. The Morgan fingerprint density at radius 3 is 1.22 bits per heavy atom. The lowest BCUT2D eigenvalue weighted by molar-refractivity contribution is -0.140. The lowest BCUT2D eigenvalue weighted by atomic mass is 10.2. The van der Waals surface area contributed by atoms with Gasteiger partial charge < -0.3 is 20.4 Å². The lowest BCUT2D eigenvalue weighted by Gasteiger charge is -1.89. The maximum atomic E-state index is 9.70. The molecule has 108 valence electrons. The molecule has 0 unspecified atom stereocenters. The summed E-state index contributed by atoms with van der Waals surface area (Å²) < 4.78 is 0. The van der Waals surface area contributed by atoms with E-state index in [0.29, 0.717) is 0 Å². The molecule has 0 fully saturated rings. The molecule has 0 bridgehead atoms. The van der Waals surface area contributed by atoms with E-state index in [-0.39, 0.29) is 18.8 Å². The highest BCUT2D eigenvalue weighted by atomic mass is 16.4. The first kappa shape index (κ1) is 24.9. The van der Waals surface area contributed by atoms with Crippen LogP contribution >= 0.6 is 0 Å². The van der Waals surface area contributed by atoms with Crippen molar-refractivity contribution in [1.29, 1.82) is 0 Å². The Bertz CT molecular complexity index is 230. The van der Waals surface area contributed by atoms with Gasteiger partial charge in [-0.3, -0.25) is 19.2 Å². The zero-order chi connectivity index (χ0) is 15.7. The molecule has 18 heavy (non-hydrogen) atoms. The average molecular weight is 268 g/mol. The van der Waals surface area contributed by atoms with Crippen LogP contribution in [-0.4, -0.2) is 44.8 Å². The van der Waals surface area contributed by atoms with Gasteiger partial charge in [0, 0.05) is 13.3 Å². The Morgan fingerprint density at radius 2 is 1.22 bits per heavy atom. The Morgan fingerprint density at radius 1 is 1.11 bits per heavy atom. The van der Waals surface area contributed by atoms with Crippen LogP contribution in [0.5, 0.6) is 0 Å². The van der Waals surface area contributed by atoms with Crippen molar-refractivity contribution in [3.63, 3.8) is 0 Å². The minimum absolute atomic E-state index is 0.222. The van der Waals surface area contributed by atoms with Crippen molar-refractivity contribution in [3.8, 4) is 0 Å². The van der Waals surface area contributed by atoms with Crippen LogP contribution in [0.1, 0.15) is 34.1 Å². The van der Waals surface area contributed by atoms with E-state index in [4.69, 9.17) is 30.0 Å². The highest BCUT2D eigenvalue weighted by molar-refractivity contribution is 5.68. The molecule has 8 heteroatoms. The standard InChI is InChI=1S/C4H8O2.C3H6O2.C2H4O2.CH2O2/c1-3(2)4(5)6;1-2-3(4)5;1-2(3)4;2-1-3/h3H,1-2H3,(H,5,6);2H2,1H3,(H,4,5);1H3,(H,3,4);1H,(H,2,3). The molecule has 0 saturated carbocycles. The number of carbonyl (C=O) groups is 4. The molecule has 0 aliphatic rings. The summed E-state index contributed by atoms with van der Waals surface area (Å²) >= 11 is 0. The molecule has 0 aliphatic heterocycles. The van der Waals surface area contributed by atoms with Crippen molar-refractivity contribution in [2.45, 2.75) is 34.1 Å². The Labute approximate surface area is 105 Å². The number of carboxylic acid groups (broad SMARTS) is 4. The van der Waals surface area contributed by atoms with Gasteiger partial charge in [-0.1, -0.05) is 20.8 Å². The SMILES string of the molecule is CC(=O)O.CC(C)C(=O)O.CCC(=O)O.O=CO. The lowest BCUT2D eigenvalue weighted by Crippen LogP contribution is -2.03. The molecule has 0 rings (SSSR count). The van der Waals surface area contributed by atoms with Crippen molar-refractivity contribution >= 4 is 24.4 Å². The van der Waals surface area contributed by atoms with E-state index in [9.17, 15) is 9.59 Å². The van der Waals surface area contributed by atoms with Crippen LogP contribution in [0.25, 0.3) is 0 Å². The van der Waals surface area contributed by atoms with Crippen LogP contribution in [0, 0.1) is 5.92 Å². The molecule has 0 spiro atoms. The third-order valence-electron chi connectivity index (χ3n) is 0.796. The average Bonchev–Trinajstić information content (AvgIpc) is 2.18. The van der Waals surface area contributed by atoms with Crippen LogP contribution < -0.4 is 0 Å². The molecule has 0 aromatic heterocycles. The topological polar surface area (TPSA) is 149 Å². The van der Waals surface area contributed by atoms with Gasteiger partial charge in [0.1, 0.15) is 0 Å². The molecule has 0 radical (unpaired) electrons. The van der Waals surface area contributed by atoms with Crippen LogP contribution in [0.3, 0.4) is 0 Å².